The second-order valence-electron chi connectivity index (χ2n) is 13.0. The quantitative estimate of drug-likeness (QED) is 0.216. The maximum Gasteiger partial charge on any atom is 0.251 e. The number of hydrogen-bond acceptors (Lipinski definition) is 11. The number of rotatable bonds is 0. The number of aromatic hydroxyl groups is 2. The standard InChI is InChI=1S/C35H43NO11/c1-13-9-8-10-14(2)34(45)36-21-12-22(37)23-24(30(42)17(5)31(43)25(23)32(21)44)27(39)15(3)11-20-29(41)19(7)33(47-35(20)46)18(6)28(40)16(4)26(13)38/h8-13,16,18-20,26,28-29,33,35,38,40-43,46H,1-7H3,(H,36,45)/b9-8-,14-10-,15-11-/t13-,16-,18-,19+,20-,26+,28+,29+,33-,35-/m0/s1. The molecule has 0 aromatic heterocycles. The Hall–Kier alpha value is -3.94. The molecule has 0 radical (unpaired) electrons. The minimum absolute atomic E-state index is 0.112. The van der Waals surface area contributed by atoms with Gasteiger partial charge in [0, 0.05) is 40.9 Å². The number of phenols is 2. The molecule has 6 bridgehead atoms. The first-order valence-electron chi connectivity index (χ1n) is 15.6. The lowest BCUT2D eigenvalue weighted by molar-refractivity contribution is -0.254. The Kier molecular flexibility index (Phi) is 10.4. The van der Waals surface area contributed by atoms with Crippen molar-refractivity contribution in [2.24, 2.45) is 29.6 Å². The van der Waals surface area contributed by atoms with Crippen molar-refractivity contribution >= 4 is 23.3 Å². The fourth-order valence-electron chi connectivity index (χ4n) is 6.61. The number of aliphatic hydroxyl groups excluding tert-OH is 4. The number of ketones is 3. The van der Waals surface area contributed by atoms with Crippen molar-refractivity contribution in [1.82, 2.24) is 5.32 Å². The van der Waals surface area contributed by atoms with Crippen molar-refractivity contribution in [3.63, 3.8) is 0 Å². The summed E-state index contributed by atoms with van der Waals surface area (Å²) in [6.07, 6.45) is 0.789. The molecule has 0 spiro atoms. The summed E-state index contributed by atoms with van der Waals surface area (Å²) in [6.45, 7) is 10.8. The van der Waals surface area contributed by atoms with Gasteiger partial charge in [-0.1, -0.05) is 52.0 Å². The van der Waals surface area contributed by atoms with Crippen molar-refractivity contribution < 1.29 is 54.6 Å². The molecule has 1 saturated heterocycles. The van der Waals surface area contributed by atoms with Crippen molar-refractivity contribution in [2.45, 2.75) is 79.2 Å². The van der Waals surface area contributed by atoms with Gasteiger partial charge in [0.2, 0.25) is 5.78 Å². The minimum atomic E-state index is -1.62. The van der Waals surface area contributed by atoms with E-state index < -0.39 is 117 Å². The van der Waals surface area contributed by atoms with Crippen LogP contribution in [-0.2, 0) is 9.53 Å². The highest BCUT2D eigenvalue weighted by atomic mass is 16.6. The lowest BCUT2D eigenvalue weighted by Gasteiger charge is -2.45. The molecular formula is C35H43NO11. The lowest BCUT2D eigenvalue weighted by Crippen LogP contribution is -2.54. The number of benzene rings is 1. The molecule has 7 N–H and O–H groups in total. The van der Waals surface area contributed by atoms with Crippen LogP contribution >= 0.6 is 0 Å². The van der Waals surface area contributed by atoms with E-state index >= 15 is 0 Å². The average molecular weight is 654 g/mol. The Morgan fingerprint density at radius 1 is 0.723 bits per heavy atom. The molecule has 6 aliphatic rings. The van der Waals surface area contributed by atoms with Gasteiger partial charge >= 0.3 is 0 Å². The summed E-state index contributed by atoms with van der Waals surface area (Å²) in [4.78, 5) is 53.8. The fourth-order valence-corrected chi connectivity index (χ4v) is 6.61. The lowest BCUT2D eigenvalue weighted by atomic mass is 9.75. The molecule has 7 rings (SSSR count). The van der Waals surface area contributed by atoms with Crippen molar-refractivity contribution in [2.75, 3.05) is 0 Å². The van der Waals surface area contributed by atoms with Crippen molar-refractivity contribution in [3.05, 3.63) is 69.5 Å². The van der Waals surface area contributed by atoms with Crippen LogP contribution in [0, 0.1) is 36.5 Å². The molecule has 12 nitrogen and oxygen atoms in total. The van der Waals surface area contributed by atoms with Crippen LogP contribution in [0.5, 0.6) is 11.5 Å². The summed E-state index contributed by atoms with van der Waals surface area (Å²) in [5.74, 6) is -8.62. The topological polar surface area (TPSA) is 211 Å². The van der Waals surface area contributed by atoms with Crippen LogP contribution in [-0.4, -0.2) is 84.6 Å². The number of phenolic OH excluding ortho intramolecular Hbond substituents is 2. The van der Waals surface area contributed by atoms with Crippen LogP contribution in [0.25, 0.3) is 0 Å². The normalized spacial score (nSPS) is 37.0. The highest BCUT2D eigenvalue weighted by Crippen LogP contribution is 2.42. The molecular weight excluding hydrogens is 610 g/mol. The van der Waals surface area contributed by atoms with Gasteiger partial charge in [-0.05, 0) is 26.3 Å². The van der Waals surface area contributed by atoms with E-state index in [1.54, 1.807) is 33.8 Å². The zero-order chi connectivity index (χ0) is 35.2. The predicted molar refractivity (Wildman–Crippen MR) is 169 cm³/mol. The average Bonchev–Trinajstić information content (AvgIpc) is 3.03. The molecule has 1 fully saturated rings. The number of allylic oxidation sites excluding steroid dienone is 5. The predicted octanol–water partition coefficient (Wildman–Crippen LogP) is 2.39. The number of amides is 1. The largest absolute Gasteiger partial charge is 0.507 e. The number of aliphatic hydroxyl groups is 4. The van der Waals surface area contributed by atoms with Gasteiger partial charge in [-0.25, -0.2) is 0 Å². The number of carbonyl (C=O) groups excluding carboxylic acids is 4. The van der Waals surface area contributed by atoms with E-state index in [2.05, 4.69) is 5.32 Å². The van der Waals surface area contributed by atoms with E-state index in [9.17, 15) is 49.8 Å². The van der Waals surface area contributed by atoms with Crippen molar-refractivity contribution in [1.29, 1.82) is 0 Å². The number of carbonyl (C=O) groups is 4. The van der Waals surface area contributed by atoms with Crippen LogP contribution in [0.15, 0.2) is 47.2 Å². The summed E-state index contributed by atoms with van der Waals surface area (Å²) < 4.78 is 5.89. The number of Topliss-reactive ketones (excluding diaryl/α,β-unsaturated/α-hetero) is 2. The highest BCUT2D eigenvalue weighted by molar-refractivity contribution is 6.31. The Balaban J connectivity index is 1.88. The van der Waals surface area contributed by atoms with Gasteiger partial charge in [-0.3, -0.25) is 19.2 Å². The van der Waals surface area contributed by atoms with E-state index in [1.807, 2.05) is 0 Å². The molecule has 12 heteroatoms. The number of nitrogens with one attached hydrogen (secondary N) is 1. The molecule has 254 valence electrons. The summed E-state index contributed by atoms with van der Waals surface area (Å²) in [5.41, 5.74) is -2.37. The molecule has 1 aliphatic carbocycles. The molecule has 5 heterocycles. The van der Waals surface area contributed by atoms with E-state index in [0.717, 1.165) is 6.08 Å². The summed E-state index contributed by atoms with van der Waals surface area (Å²) >= 11 is 0. The van der Waals surface area contributed by atoms with Crippen LogP contribution in [0.2, 0.25) is 0 Å². The van der Waals surface area contributed by atoms with Gasteiger partial charge < -0.3 is 40.7 Å². The minimum Gasteiger partial charge on any atom is -0.507 e. The van der Waals surface area contributed by atoms with Crippen LogP contribution < -0.4 is 5.32 Å². The number of hydrogen-bond donors (Lipinski definition) is 7. The third kappa shape index (κ3) is 6.48. The summed E-state index contributed by atoms with van der Waals surface area (Å²) in [5, 5.41) is 68.7. The third-order valence-corrected chi connectivity index (χ3v) is 9.82. The maximum absolute atomic E-state index is 13.8. The molecule has 5 aliphatic heterocycles. The first kappa shape index (κ1) is 35.9. The number of ether oxygens (including phenoxy) is 1. The van der Waals surface area contributed by atoms with Gasteiger partial charge in [0.1, 0.15) is 11.5 Å². The van der Waals surface area contributed by atoms with E-state index in [4.69, 9.17) is 4.74 Å². The summed E-state index contributed by atoms with van der Waals surface area (Å²) in [6, 6.07) is 0. The zero-order valence-corrected chi connectivity index (χ0v) is 27.4. The summed E-state index contributed by atoms with van der Waals surface area (Å²) in [7, 11) is 0. The van der Waals surface area contributed by atoms with Crippen molar-refractivity contribution in [3.8, 4) is 11.5 Å². The van der Waals surface area contributed by atoms with Crippen LogP contribution in [0.1, 0.15) is 78.2 Å². The smallest absolute Gasteiger partial charge is 0.251 e. The van der Waals surface area contributed by atoms with Gasteiger partial charge in [0.25, 0.3) is 5.91 Å². The van der Waals surface area contributed by atoms with E-state index in [0.29, 0.717) is 0 Å². The van der Waals surface area contributed by atoms with Gasteiger partial charge in [0.15, 0.2) is 17.9 Å². The molecule has 1 amide bonds. The molecule has 10 atom stereocenters. The van der Waals surface area contributed by atoms with Crippen LogP contribution in [0.3, 0.4) is 0 Å². The second-order valence-corrected chi connectivity index (χ2v) is 13.0. The van der Waals surface area contributed by atoms with Crippen LogP contribution in [0.4, 0.5) is 0 Å². The maximum atomic E-state index is 13.8. The zero-order valence-electron chi connectivity index (χ0n) is 27.4. The molecule has 0 unspecified atom stereocenters. The Morgan fingerprint density at radius 2 is 1.30 bits per heavy atom. The van der Waals surface area contributed by atoms with Gasteiger partial charge in [-0.2, -0.15) is 0 Å². The first-order valence-corrected chi connectivity index (χ1v) is 15.6. The SMILES string of the molecule is C/C1=C/C=C\[C@H](C)[C@@H](O)[C@H](C)[C@@H](O)[C@H](C)[C@@H]2O[C@H](O)[C@@H](/C=C(/C)C(=O)c3c(O)c(C)c(O)c4c3C(=O)C=C(NC1=O)C4=O)[C@H](O)[C@H]2C. The molecule has 1 aromatic carbocycles. The third-order valence-electron chi connectivity index (χ3n) is 9.82. The molecule has 1 aromatic rings. The molecule has 0 saturated carbocycles. The highest BCUT2D eigenvalue weighted by Gasteiger charge is 2.46. The van der Waals surface area contributed by atoms with Gasteiger partial charge in [-0.15, -0.1) is 0 Å². The first-order chi connectivity index (χ1) is 21.9. The second kappa shape index (κ2) is 13.7. The molecule has 47 heavy (non-hydrogen) atoms. The Bertz CT molecular complexity index is 1620. The van der Waals surface area contributed by atoms with Gasteiger partial charge in [0.05, 0.1) is 52.7 Å². The monoisotopic (exact) mass is 653 g/mol. The Morgan fingerprint density at radius 3 is 1.91 bits per heavy atom. The van der Waals surface area contributed by atoms with E-state index in [-0.39, 0.29) is 16.7 Å². The van der Waals surface area contributed by atoms with E-state index in [1.165, 1.54) is 39.0 Å². The Labute approximate surface area is 272 Å². The fraction of sp³-hybridized carbons (Fsp3) is 0.486.